The zero-order chi connectivity index (χ0) is 19.2. The second-order valence-corrected chi connectivity index (χ2v) is 7.12. The predicted octanol–water partition coefficient (Wildman–Crippen LogP) is 3.53. The van der Waals surface area contributed by atoms with Crippen LogP contribution < -0.4 is 10.6 Å². The molecule has 2 N–H and O–H groups in total. The van der Waals surface area contributed by atoms with Gasteiger partial charge in [0.25, 0.3) is 0 Å². The summed E-state index contributed by atoms with van der Waals surface area (Å²) in [4.78, 5) is 23.6. The van der Waals surface area contributed by atoms with Crippen LogP contribution in [0, 0.1) is 6.92 Å². The van der Waals surface area contributed by atoms with Gasteiger partial charge in [0.05, 0.1) is 12.5 Å². The van der Waals surface area contributed by atoms with Gasteiger partial charge in [0.15, 0.2) is 0 Å². The quantitative estimate of drug-likeness (QED) is 0.851. The molecule has 0 unspecified atom stereocenters. The Kier molecular flexibility index (Phi) is 6.24. The first-order chi connectivity index (χ1) is 13.0. The average Bonchev–Trinajstić information content (AvgIpc) is 2.63. The van der Waals surface area contributed by atoms with E-state index in [1.807, 2.05) is 55.5 Å². The third-order valence-electron chi connectivity index (χ3n) is 4.72. The van der Waals surface area contributed by atoms with Crippen molar-refractivity contribution >= 4 is 17.5 Å². The van der Waals surface area contributed by atoms with Crippen molar-refractivity contribution in [1.82, 2.24) is 5.32 Å². The Labute approximate surface area is 160 Å². The SMILES string of the molecule is CC(=O)N[C@H]1CCO[C@@H](c2cccc(NC(=O)Cc3ccc(C)cc3)c2)C1. The highest BCUT2D eigenvalue weighted by molar-refractivity contribution is 5.92. The van der Waals surface area contributed by atoms with Crippen LogP contribution in [0.4, 0.5) is 5.69 Å². The normalized spacial score (nSPS) is 19.3. The van der Waals surface area contributed by atoms with Crippen LogP contribution in [0.3, 0.4) is 0 Å². The molecule has 2 atom stereocenters. The van der Waals surface area contributed by atoms with Crippen molar-refractivity contribution in [2.75, 3.05) is 11.9 Å². The monoisotopic (exact) mass is 366 g/mol. The lowest BCUT2D eigenvalue weighted by atomic mass is 9.97. The Bertz CT molecular complexity index is 801. The summed E-state index contributed by atoms with van der Waals surface area (Å²) in [5, 5.41) is 5.93. The third kappa shape index (κ3) is 5.66. The Hall–Kier alpha value is -2.66. The maximum Gasteiger partial charge on any atom is 0.228 e. The highest BCUT2D eigenvalue weighted by Gasteiger charge is 2.24. The minimum absolute atomic E-state index is 0.0160. The van der Waals surface area contributed by atoms with E-state index < -0.39 is 0 Å². The van der Waals surface area contributed by atoms with Crippen molar-refractivity contribution in [1.29, 1.82) is 0 Å². The summed E-state index contributed by atoms with van der Waals surface area (Å²) in [5.74, 6) is -0.0607. The number of carbonyl (C=O) groups is 2. The van der Waals surface area contributed by atoms with Crippen LogP contribution in [0.5, 0.6) is 0 Å². The number of ether oxygens (including phenoxy) is 1. The van der Waals surface area contributed by atoms with E-state index in [2.05, 4.69) is 10.6 Å². The van der Waals surface area contributed by atoms with Crippen LogP contribution >= 0.6 is 0 Å². The number of benzene rings is 2. The van der Waals surface area contributed by atoms with Gasteiger partial charge in [0.2, 0.25) is 11.8 Å². The summed E-state index contributed by atoms with van der Waals surface area (Å²) >= 11 is 0. The molecule has 1 saturated heterocycles. The summed E-state index contributed by atoms with van der Waals surface area (Å²) in [6, 6.07) is 15.8. The molecule has 3 rings (SSSR count). The van der Waals surface area contributed by atoms with Gasteiger partial charge in [-0.15, -0.1) is 0 Å². The largest absolute Gasteiger partial charge is 0.373 e. The fourth-order valence-electron chi connectivity index (χ4n) is 3.36. The van der Waals surface area contributed by atoms with Gasteiger partial charge in [-0.2, -0.15) is 0 Å². The second-order valence-electron chi connectivity index (χ2n) is 7.12. The molecule has 0 aliphatic carbocycles. The summed E-state index contributed by atoms with van der Waals surface area (Å²) < 4.78 is 5.88. The van der Waals surface area contributed by atoms with Gasteiger partial charge in [-0.1, -0.05) is 42.0 Å². The molecule has 2 aromatic carbocycles. The molecule has 0 saturated carbocycles. The number of anilines is 1. The molecule has 27 heavy (non-hydrogen) atoms. The summed E-state index contributed by atoms with van der Waals surface area (Å²) in [6.07, 6.45) is 1.82. The van der Waals surface area contributed by atoms with E-state index in [1.165, 1.54) is 12.5 Å². The van der Waals surface area contributed by atoms with Gasteiger partial charge in [-0.05, 0) is 43.0 Å². The van der Waals surface area contributed by atoms with Crippen molar-refractivity contribution < 1.29 is 14.3 Å². The number of rotatable bonds is 5. The Morgan fingerprint density at radius 1 is 1.15 bits per heavy atom. The van der Waals surface area contributed by atoms with Crippen molar-refractivity contribution in [2.45, 2.75) is 45.3 Å². The van der Waals surface area contributed by atoms with Gasteiger partial charge in [-0.3, -0.25) is 9.59 Å². The average molecular weight is 366 g/mol. The van der Waals surface area contributed by atoms with Crippen LogP contribution in [-0.2, 0) is 20.7 Å². The third-order valence-corrected chi connectivity index (χ3v) is 4.72. The van der Waals surface area contributed by atoms with E-state index in [4.69, 9.17) is 4.74 Å². The highest BCUT2D eigenvalue weighted by Crippen LogP contribution is 2.29. The molecule has 0 spiro atoms. The topological polar surface area (TPSA) is 67.4 Å². The van der Waals surface area contributed by atoms with E-state index in [1.54, 1.807) is 0 Å². The molecule has 0 aromatic heterocycles. The lowest BCUT2D eigenvalue weighted by molar-refractivity contribution is -0.120. The molecular weight excluding hydrogens is 340 g/mol. The first-order valence-corrected chi connectivity index (χ1v) is 9.33. The van der Waals surface area contributed by atoms with Crippen molar-refractivity contribution in [3.05, 3.63) is 65.2 Å². The molecule has 1 aliphatic heterocycles. The fourth-order valence-corrected chi connectivity index (χ4v) is 3.36. The number of nitrogens with one attached hydrogen (secondary N) is 2. The van der Waals surface area contributed by atoms with Crippen LogP contribution in [0.15, 0.2) is 48.5 Å². The molecule has 5 heteroatoms. The van der Waals surface area contributed by atoms with Gasteiger partial charge in [0.1, 0.15) is 0 Å². The molecule has 0 radical (unpaired) electrons. The zero-order valence-corrected chi connectivity index (χ0v) is 15.8. The lowest BCUT2D eigenvalue weighted by Gasteiger charge is -2.30. The van der Waals surface area contributed by atoms with Crippen LogP contribution in [0.25, 0.3) is 0 Å². The molecule has 1 aliphatic rings. The maximum absolute atomic E-state index is 12.3. The molecule has 142 valence electrons. The van der Waals surface area contributed by atoms with Gasteiger partial charge >= 0.3 is 0 Å². The fraction of sp³-hybridized carbons (Fsp3) is 0.364. The molecule has 0 bridgehead atoms. The first kappa shape index (κ1) is 19.1. The van der Waals surface area contributed by atoms with E-state index in [-0.39, 0.29) is 24.0 Å². The second kappa shape index (κ2) is 8.82. The molecule has 5 nitrogen and oxygen atoms in total. The van der Waals surface area contributed by atoms with Crippen LogP contribution in [-0.4, -0.2) is 24.5 Å². The number of hydrogen-bond acceptors (Lipinski definition) is 3. The smallest absolute Gasteiger partial charge is 0.228 e. The minimum atomic E-state index is -0.0791. The predicted molar refractivity (Wildman–Crippen MR) is 105 cm³/mol. The van der Waals surface area contributed by atoms with Crippen LogP contribution in [0.2, 0.25) is 0 Å². The summed E-state index contributed by atoms with van der Waals surface area (Å²) in [5.41, 5.74) is 3.94. The van der Waals surface area contributed by atoms with Gasteiger partial charge in [-0.25, -0.2) is 0 Å². The van der Waals surface area contributed by atoms with Crippen molar-refractivity contribution in [2.24, 2.45) is 0 Å². The summed E-state index contributed by atoms with van der Waals surface area (Å²) in [7, 11) is 0. The Morgan fingerprint density at radius 3 is 2.67 bits per heavy atom. The number of carbonyl (C=O) groups excluding carboxylic acids is 2. The number of hydrogen-bond donors (Lipinski definition) is 2. The molecule has 1 heterocycles. The standard InChI is InChI=1S/C22H26N2O3/c1-15-6-8-17(9-7-15)12-22(26)24-19-5-3-4-18(13-19)21-14-20(10-11-27-21)23-16(2)25/h3-9,13,20-21H,10-12,14H2,1-2H3,(H,23,25)(H,24,26)/t20-,21+/m0/s1. The molecular formula is C22H26N2O3. The lowest BCUT2D eigenvalue weighted by Crippen LogP contribution is -2.38. The first-order valence-electron chi connectivity index (χ1n) is 9.33. The van der Waals surface area contributed by atoms with Crippen molar-refractivity contribution in [3.8, 4) is 0 Å². The summed E-state index contributed by atoms with van der Waals surface area (Å²) in [6.45, 7) is 4.17. The van der Waals surface area contributed by atoms with E-state index in [0.29, 0.717) is 13.0 Å². The maximum atomic E-state index is 12.3. The van der Waals surface area contributed by atoms with Crippen LogP contribution in [0.1, 0.15) is 42.6 Å². The van der Waals surface area contributed by atoms with Crippen molar-refractivity contribution in [3.63, 3.8) is 0 Å². The van der Waals surface area contributed by atoms with Gasteiger partial charge in [0, 0.05) is 25.3 Å². The molecule has 2 amide bonds. The molecule has 1 fully saturated rings. The minimum Gasteiger partial charge on any atom is -0.373 e. The van der Waals surface area contributed by atoms with E-state index in [9.17, 15) is 9.59 Å². The molecule has 2 aromatic rings. The van der Waals surface area contributed by atoms with E-state index >= 15 is 0 Å². The Morgan fingerprint density at radius 2 is 1.93 bits per heavy atom. The Balaban J connectivity index is 1.62. The number of aryl methyl sites for hydroxylation is 1. The zero-order valence-electron chi connectivity index (χ0n) is 15.8. The number of amides is 2. The van der Waals surface area contributed by atoms with E-state index in [0.717, 1.165) is 29.7 Å². The van der Waals surface area contributed by atoms with Gasteiger partial charge < -0.3 is 15.4 Å². The highest BCUT2D eigenvalue weighted by atomic mass is 16.5.